The van der Waals surface area contributed by atoms with Gasteiger partial charge in [-0.2, -0.15) is 10.1 Å². The van der Waals surface area contributed by atoms with E-state index < -0.39 is 10.0 Å². The number of hydrogen-bond donors (Lipinski definition) is 2. The molecule has 0 unspecified atom stereocenters. The van der Waals surface area contributed by atoms with E-state index in [4.69, 9.17) is 4.74 Å². The van der Waals surface area contributed by atoms with Crippen LogP contribution in [-0.2, 0) is 17.1 Å². The van der Waals surface area contributed by atoms with Crippen molar-refractivity contribution in [2.24, 2.45) is 7.05 Å². The summed E-state index contributed by atoms with van der Waals surface area (Å²) in [6, 6.07) is 9.62. The lowest BCUT2D eigenvalue weighted by Gasteiger charge is -2.26. The second-order valence-corrected chi connectivity index (χ2v) is 10.3. The molecule has 1 fully saturated rings. The van der Waals surface area contributed by atoms with Crippen molar-refractivity contribution >= 4 is 16.0 Å². The summed E-state index contributed by atoms with van der Waals surface area (Å²) in [6.45, 7) is 4.19. The Hall–Kier alpha value is -2.98. The van der Waals surface area contributed by atoms with Crippen LogP contribution >= 0.6 is 0 Å². The smallest absolute Gasteiger partial charge is 0.267 e. The van der Waals surface area contributed by atoms with E-state index in [1.54, 1.807) is 13.1 Å². The molecule has 4 rings (SSSR count). The molecular formula is C23H29N5O4S. The van der Waals surface area contributed by atoms with Crippen LogP contribution in [0.1, 0.15) is 51.0 Å². The Morgan fingerprint density at radius 3 is 2.55 bits per heavy atom. The van der Waals surface area contributed by atoms with Crippen molar-refractivity contribution < 1.29 is 18.3 Å². The van der Waals surface area contributed by atoms with Gasteiger partial charge in [0.05, 0.1) is 18.0 Å². The van der Waals surface area contributed by atoms with Crippen LogP contribution in [-0.4, -0.2) is 45.5 Å². The monoisotopic (exact) mass is 471 g/mol. The molecule has 2 N–H and O–H groups in total. The predicted molar refractivity (Wildman–Crippen MR) is 124 cm³/mol. The van der Waals surface area contributed by atoms with E-state index in [-0.39, 0.29) is 29.0 Å². The molecule has 176 valence electrons. The highest BCUT2D eigenvalue weighted by Gasteiger charge is 2.24. The quantitative estimate of drug-likeness (QED) is 0.541. The maximum atomic E-state index is 12.9. The number of aliphatic hydroxyl groups is 1. The topological polar surface area (TPSA) is 119 Å². The molecule has 1 aliphatic carbocycles. The van der Waals surface area contributed by atoms with Crippen LogP contribution in [0.3, 0.4) is 0 Å². The first-order chi connectivity index (χ1) is 15.7. The molecule has 1 saturated carbocycles. The minimum atomic E-state index is -3.92. The number of aliphatic hydroxyl groups excluding tert-OH is 1. The number of nitrogens with one attached hydrogen (secondary N) is 1. The normalized spacial score (nSPS) is 18.9. The van der Waals surface area contributed by atoms with Crippen LogP contribution in [0, 0.1) is 0 Å². The maximum Gasteiger partial charge on any atom is 0.267 e. The third-order valence-electron chi connectivity index (χ3n) is 5.71. The molecule has 0 amide bonds. The van der Waals surface area contributed by atoms with Gasteiger partial charge in [-0.1, -0.05) is 38.1 Å². The molecule has 33 heavy (non-hydrogen) atoms. The van der Waals surface area contributed by atoms with Crippen LogP contribution in [0.25, 0.3) is 11.3 Å². The predicted octanol–water partition coefficient (Wildman–Crippen LogP) is 3.48. The molecular weight excluding hydrogens is 442 g/mol. The molecule has 0 spiro atoms. The van der Waals surface area contributed by atoms with Gasteiger partial charge in [0.2, 0.25) is 11.8 Å². The fourth-order valence-corrected chi connectivity index (χ4v) is 4.88. The van der Waals surface area contributed by atoms with Crippen molar-refractivity contribution in [1.82, 2.24) is 19.7 Å². The second-order valence-electron chi connectivity index (χ2n) is 8.66. The summed E-state index contributed by atoms with van der Waals surface area (Å²) < 4.78 is 35.7. The molecule has 0 radical (unpaired) electrons. The highest BCUT2D eigenvalue weighted by atomic mass is 32.2. The average Bonchev–Trinajstić information content (AvgIpc) is 3.22. The van der Waals surface area contributed by atoms with Crippen molar-refractivity contribution in [2.45, 2.75) is 62.6 Å². The van der Waals surface area contributed by atoms with Crippen molar-refractivity contribution in [2.75, 3.05) is 4.72 Å². The fraction of sp³-hybridized carbons (Fsp3) is 0.435. The second kappa shape index (κ2) is 9.48. The molecule has 9 nitrogen and oxygen atoms in total. The van der Waals surface area contributed by atoms with Gasteiger partial charge in [0, 0.05) is 24.9 Å². The average molecular weight is 472 g/mol. The molecule has 0 atom stereocenters. The summed E-state index contributed by atoms with van der Waals surface area (Å²) in [5, 5.41) is 13.7. The van der Waals surface area contributed by atoms with Crippen molar-refractivity contribution in [3.05, 3.63) is 48.3 Å². The lowest BCUT2D eigenvalue weighted by Crippen LogP contribution is -2.27. The lowest BCUT2D eigenvalue weighted by molar-refractivity contribution is 0.0644. The number of anilines is 1. The van der Waals surface area contributed by atoms with Crippen LogP contribution in [0.4, 0.5) is 5.95 Å². The Balaban J connectivity index is 1.72. The number of ether oxygens (including phenoxy) is 1. The number of aromatic nitrogens is 4. The summed E-state index contributed by atoms with van der Waals surface area (Å²) in [5.41, 5.74) is 2.55. The van der Waals surface area contributed by atoms with E-state index in [9.17, 15) is 13.5 Å². The summed E-state index contributed by atoms with van der Waals surface area (Å²) in [6.07, 6.45) is 5.03. The van der Waals surface area contributed by atoms with Gasteiger partial charge >= 0.3 is 0 Å². The minimum Gasteiger partial charge on any atom is -0.474 e. The summed E-state index contributed by atoms with van der Waals surface area (Å²) in [5.74, 6) is 0.473. The highest BCUT2D eigenvalue weighted by molar-refractivity contribution is 7.92. The number of hydrogen-bond acceptors (Lipinski definition) is 7. The zero-order chi connectivity index (χ0) is 23.6. The van der Waals surface area contributed by atoms with E-state index in [1.807, 2.05) is 24.3 Å². The fourth-order valence-electron chi connectivity index (χ4n) is 3.95. The van der Waals surface area contributed by atoms with E-state index in [2.05, 4.69) is 33.6 Å². The third-order valence-corrected chi connectivity index (χ3v) is 6.99. The first kappa shape index (κ1) is 23.2. The highest BCUT2D eigenvalue weighted by Crippen LogP contribution is 2.32. The van der Waals surface area contributed by atoms with E-state index >= 15 is 0 Å². The van der Waals surface area contributed by atoms with Crippen LogP contribution < -0.4 is 9.46 Å². The minimum absolute atomic E-state index is 0.0188. The Labute approximate surface area is 193 Å². The third kappa shape index (κ3) is 5.51. The van der Waals surface area contributed by atoms with Gasteiger partial charge in [0.15, 0.2) is 0 Å². The van der Waals surface area contributed by atoms with Gasteiger partial charge in [-0.3, -0.25) is 4.68 Å². The van der Waals surface area contributed by atoms with Crippen LogP contribution in [0.2, 0.25) is 0 Å². The van der Waals surface area contributed by atoms with Gasteiger partial charge < -0.3 is 9.84 Å². The van der Waals surface area contributed by atoms with E-state index in [1.165, 1.54) is 17.1 Å². The first-order valence-electron chi connectivity index (χ1n) is 11.1. The summed E-state index contributed by atoms with van der Waals surface area (Å²) in [7, 11) is -2.28. The van der Waals surface area contributed by atoms with Crippen molar-refractivity contribution in [1.29, 1.82) is 0 Å². The van der Waals surface area contributed by atoms with Crippen molar-refractivity contribution in [3.63, 3.8) is 0 Å². The zero-order valence-electron chi connectivity index (χ0n) is 19.0. The summed E-state index contributed by atoms with van der Waals surface area (Å²) in [4.78, 5) is 8.89. The molecule has 0 saturated heterocycles. The summed E-state index contributed by atoms with van der Waals surface area (Å²) >= 11 is 0. The maximum absolute atomic E-state index is 12.9. The number of sulfonamides is 1. The Bertz CT molecular complexity index is 1220. The molecule has 2 heterocycles. The van der Waals surface area contributed by atoms with Crippen LogP contribution in [0.15, 0.2) is 47.6 Å². The molecule has 0 bridgehead atoms. The van der Waals surface area contributed by atoms with Gasteiger partial charge in [-0.05, 0) is 37.2 Å². The zero-order valence-corrected chi connectivity index (χ0v) is 19.8. The molecule has 2 aromatic heterocycles. The molecule has 1 aromatic carbocycles. The molecule has 10 heteroatoms. The largest absolute Gasteiger partial charge is 0.474 e. The molecule has 0 aliphatic heterocycles. The van der Waals surface area contributed by atoms with E-state index in [0.29, 0.717) is 37.3 Å². The number of benzene rings is 1. The van der Waals surface area contributed by atoms with E-state index in [0.717, 1.165) is 11.1 Å². The standard InChI is InChI=1S/C23H29N5O4S/c1-15(2)19-6-4-5-7-20(19)21-12-22(32-17-10-8-16(29)9-11-17)26-23(25-21)27-33(30,31)18-13-24-28(3)14-18/h4-7,12-17,29H,8-11H2,1-3H3,(H,25,26,27). The Kier molecular flexibility index (Phi) is 6.66. The number of rotatable bonds is 7. The Morgan fingerprint density at radius 1 is 1.15 bits per heavy atom. The van der Waals surface area contributed by atoms with Gasteiger partial charge in [0.25, 0.3) is 10.0 Å². The SMILES string of the molecule is CC(C)c1ccccc1-c1cc(OC2CCC(O)CC2)nc(NS(=O)(=O)c2cnn(C)c2)n1. The van der Waals surface area contributed by atoms with Crippen LogP contribution in [0.5, 0.6) is 5.88 Å². The first-order valence-corrected chi connectivity index (χ1v) is 12.5. The number of nitrogens with zero attached hydrogens (tertiary/aromatic N) is 4. The van der Waals surface area contributed by atoms with Gasteiger partial charge in [-0.15, -0.1) is 0 Å². The van der Waals surface area contributed by atoms with Gasteiger partial charge in [0.1, 0.15) is 11.0 Å². The van der Waals surface area contributed by atoms with Gasteiger partial charge in [-0.25, -0.2) is 18.1 Å². The number of aryl methyl sites for hydroxylation is 1. The molecule has 3 aromatic rings. The van der Waals surface area contributed by atoms with Crippen molar-refractivity contribution in [3.8, 4) is 17.1 Å². The Morgan fingerprint density at radius 2 is 1.88 bits per heavy atom. The lowest BCUT2D eigenvalue weighted by atomic mass is 9.95. The molecule has 1 aliphatic rings.